The number of aromatic nitrogens is 3. The molecule has 0 aliphatic rings. The van der Waals surface area contributed by atoms with Gasteiger partial charge in [-0.3, -0.25) is 9.48 Å². The van der Waals surface area contributed by atoms with Gasteiger partial charge in [-0.2, -0.15) is 0 Å². The standard InChI is InChI=1S/C45H47N5O3.ClH/c1-31(2)24-26-52-41-22-20-33-12-5-7-16-39(33)43(41)44-40-17-8-6-13-34(40)21-23-42(44)53-30-38-29-50(49-48-38)28-37(15-9-10-25-46)47-45(51)36-19-18-32-11-3-4-14-35(32)27-36;/h3-8,11-14,16-23,27,29,31,37H,9-10,15,24-26,28,30,46H2,1-2H3,(H,47,51);1H/t37-;/m1./s1. The number of unbranched alkanes of at least 4 members (excludes halogenated alkanes) is 1. The van der Waals surface area contributed by atoms with Gasteiger partial charge in [0.05, 0.1) is 19.3 Å². The highest BCUT2D eigenvalue weighted by molar-refractivity contribution is 6.09. The van der Waals surface area contributed by atoms with Crippen LogP contribution in [0.4, 0.5) is 0 Å². The topological polar surface area (TPSA) is 104 Å². The molecular weight excluding hydrogens is 694 g/mol. The zero-order valence-corrected chi connectivity index (χ0v) is 31.7. The molecular formula is C45H48ClN5O3. The Balaban J connectivity index is 0.00000497. The molecule has 54 heavy (non-hydrogen) atoms. The predicted molar refractivity (Wildman–Crippen MR) is 222 cm³/mol. The Kier molecular flexibility index (Phi) is 12.8. The summed E-state index contributed by atoms with van der Waals surface area (Å²) in [5.74, 6) is 2.00. The third-order valence-corrected chi connectivity index (χ3v) is 9.71. The molecule has 7 rings (SSSR count). The lowest BCUT2D eigenvalue weighted by Crippen LogP contribution is -2.38. The van der Waals surface area contributed by atoms with Crippen LogP contribution in [0, 0.1) is 5.92 Å². The van der Waals surface area contributed by atoms with Crippen molar-refractivity contribution in [1.82, 2.24) is 20.3 Å². The second kappa shape index (κ2) is 18.1. The molecule has 1 aromatic heterocycles. The number of carbonyl (C=O) groups excluding carboxylic acids is 1. The van der Waals surface area contributed by atoms with Crippen LogP contribution < -0.4 is 20.5 Å². The molecule has 1 atom stereocenters. The van der Waals surface area contributed by atoms with Crippen LogP contribution in [0.5, 0.6) is 11.5 Å². The lowest BCUT2D eigenvalue weighted by molar-refractivity contribution is 0.0929. The molecule has 0 fully saturated rings. The van der Waals surface area contributed by atoms with Crippen molar-refractivity contribution >= 4 is 50.6 Å². The van der Waals surface area contributed by atoms with Crippen molar-refractivity contribution in [2.75, 3.05) is 13.2 Å². The summed E-state index contributed by atoms with van der Waals surface area (Å²) < 4.78 is 14.9. The number of rotatable bonds is 16. The largest absolute Gasteiger partial charge is 0.493 e. The number of halogens is 1. The molecule has 0 aliphatic carbocycles. The van der Waals surface area contributed by atoms with Crippen molar-refractivity contribution in [3.05, 3.63) is 133 Å². The highest BCUT2D eigenvalue weighted by Gasteiger charge is 2.20. The van der Waals surface area contributed by atoms with Crippen LogP contribution in [0.1, 0.15) is 55.6 Å². The second-order valence-electron chi connectivity index (χ2n) is 14.1. The van der Waals surface area contributed by atoms with E-state index in [0.717, 1.165) is 80.6 Å². The number of nitrogens with two attached hydrogens (primary N) is 1. The Morgan fingerprint density at radius 2 is 1.35 bits per heavy atom. The van der Waals surface area contributed by atoms with E-state index in [1.54, 1.807) is 4.68 Å². The van der Waals surface area contributed by atoms with Gasteiger partial charge in [-0.1, -0.05) is 116 Å². The van der Waals surface area contributed by atoms with Crippen LogP contribution in [-0.4, -0.2) is 40.1 Å². The highest BCUT2D eigenvalue weighted by atomic mass is 35.5. The van der Waals surface area contributed by atoms with Crippen LogP contribution in [0.25, 0.3) is 43.4 Å². The average Bonchev–Trinajstić information content (AvgIpc) is 3.63. The molecule has 0 unspecified atom stereocenters. The molecule has 6 aromatic carbocycles. The molecule has 0 aliphatic heterocycles. The smallest absolute Gasteiger partial charge is 0.251 e. The van der Waals surface area contributed by atoms with E-state index >= 15 is 0 Å². The van der Waals surface area contributed by atoms with Gasteiger partial charge < -0.3 is 20.5 Å². The normalized spacial score (nSPS) is 11.9. The van der Waals surface area contributed by atoms with Gasteiger partial charge in [0.25, 0.3) is 5.91 Å². The fourth-order valence-electron chi connectivity index (χ4n) is 6.88. The van der Waals surface area contributed by atoms with E-state index in [9.17, 15) is 4.79 Å². The minimum atomic E-state index is -0.149. The minimum Gasteiger partial charge on any atom is -0.493 e. The molecule has 8 nitrogen and oxygen atoms in total. The maximum absolute atomic E-state index is 13.4. The SMILES string of the molecule is CC(C)CCOc1ccc2ccccc2c1-c1c(OCc2cn(C[C@@H](CCCCN)NC(=O)c3ccc4ccccc4c3)nn2)ccc2ccccc12.Cl. The molecule has 1 amide bonds. The molecule has 7 aromatic rings. The lowest BCUT2D eigenvalue weighted by Gasteiger charge is -2.20. The Morgan fingerprint density at radius 1 is 0.741 bits per heavy atom. The van der Waals surface area contributed by atoms with Gasteiger partial charge in [0.15, 0.2) is 0 Å². The molecule has 1 heterocycles. The quantitative estimate of drug-likeness (QED) is 0.0956. The summed E-state index contributed by atoms with van der Waals surface area (Å²) in [6.07, 6.45) is 5.41. The van der Waals surface area contributed by atoms with Crippen molar-refractivity contribution in [3.8, 4) is 22.6 Å². The van der Waals surface area contributed by atoms with Crippen LogP contribution in [0.2, 0.25) is 0 Å². The van der Waals surface area contributed by atoms with E-state index in [-0.39, 0.29) is 31.0 Å². The number of ether oxygens (including phenoxy) is 2. The van der Waals surface area contributed by atoms with E-state index in [0.29, 0.717) is 36.9 Å². The number of nitrogens with zero attached hydrogens (tertiary/aromatic N) is 3. The molecule has 278 valence electrons. The summed E-state index contributed by atoms with van der Waals surface area (Å²) in [5, 5.41) is 18.7. The Labute approximate surface area is 323 Å². The van der Waals surface area contributed by atoms with E-state index < -0.39 is 0 Å². The van der Waals surface area contributed by atoms with Gasteiger partial charge in [-0.15, -0.1) is 17.5 Å². The number of hydrogen-bond acceptors (Lipinski definition) is 6. The predicted octanol–water partition coefficient (Wildman–Crippen LogP) is 9.76. The third-order valence-electron chi connectivity index (χ3n) is 9.71. The van der Waals surface area contributed by atoms with Gasteiger partial charge in [0, 0.05) is 22.7 Å². The Morgan fingerprint density at radius 3 is 2.02 bits per heavy atom. The monoisotopic (exact) mass is 741 g/mol. The summed E-state index contributed by atoms with van der Waals surface area (Å²) in [5.41, 5.74) is 9.14. The van der Waals surface area contributed by atoms with Crippen molar-refractivity contribution in [2.45, 2.75) is 58.7 Å². The molecule has 0 saturated heterocycles. The van der Waals surface area contributed by atoms with Crippen molar-refractivity contribution in [1.29, 1.82) is 0 Å². The molecule has 0 saturated carbocycles. The molecule has 0 radical (unpaired) electrons. The maximum Gasteiger partial charge on any atom is 0.251 e. The highest BCUT2D eigenvalue weighted by Crippen LogP contribution is 2.45. The zero-order valence-electron chi connectivity index (χ0n) is 30.9. The van der Waals surface area contributed by atoms with Gasteiger partial charge >= 0.3 is 0 Å². The number of benzene rings is 6. The number of amides is 1. The second-order valence-corrected chi connectivity index (χ2v) is 14.1. The van der Waals surface area contributed by atoms with Gasteiger partial charge in [0.2, 0.25) is 0 Å². The molecule has 0 spiro atoms. The zero-order chi connectivity index (χ0) is 36.6. The van der Waals surface area contributed by atoms with E-state index in [1.165, 1.54) is 0 Å². The van der Waals surface area contributed by atoms with Gasteiger partial charge in [-0.25, -0.2) is 0 Å². The number of nitrogens with one attached hydrogen (secondary N) is 1. The van der Waals surface area contributed by atoms with Crippen molar-refractivity contribution in [3.63, 3.8) is 0 Å². The first-order valence-electron chi connectivity index (χ1n) is 18.6. The van der Waals surface area contributed by atoms with E-state index in [1.807, 2.05) is 54.7 Å². The van der Waals surface area contributed by atoms with Gasteiger partial charge in [-0.05, 0) is 88.3 Å². The summed E-state index contributed by atoms with van der Waals surface area (Å²) >= 11 is 0. The van der Waals surface area contributed by atoms with Crippen LogP contribution in [-0.2, 0) is 13.2 Å². The minimum absolute atomic E-state index is 0. The van der Waals surface area contributed by atoms with Gasteiger partial charge in [0.1, 0.15) is 23.8 Å². The first kappa shape index (κ1) is 38.3. The number of carbonyl (C=O) groups is 1. The van der Waals surface area contributed by atoms with Crippen molar-refractivity contribution in [2.24, 2.45) is 11.7 Å². The Bertz CT molecular complexity index is 2340. The first-order valence-corrected chi connectivity index (χ1v) is 18.6. The van der Waals surface area contributed by atoms with E-state index in [2.05, 4.69) is 96.2 Å². The van der Waals surface area contributed by atoms with Crippen LogP contribution >= 0.6 is 12.4 Å². The van der Waals surface area contributed by atoms with Crippen molar-refractivity contribution < 1.29 is 14.3 Å². The lowest BCUT2D eigenvalue weighted by atomic mass is 9.92. The molecule has 0 bridgehead atoms. The summed E-state index contributed by atoms with van der Waals surface area (Å²) in [4.78, 5) is 13.4. The number of hydrogen-bond donors (Lipinski definition) is 2. The Hall–Kier alpha value is -5.44. The first-order chi connectivity index (χ1) is 26.0. The maximum atomic E-state index is 13.4. The fourth-order valence-corrected chi connectivity index (χ4v) is 6.88. The molecule has 3 N–H and O–H groups in total. The summed E-state index contributed by atoms with van der Waals surface area (Å²) in [7, 11) is 0. The van der Waals surface area contributed by atoms with Crippen LogP contribution in [0.15, 0.2) is 121 Å². The third kappa shape index (κ3) is 9.01. The summed E-state index contributed by atoms with van der Waals surface area (Å²) in [6, 6.07) is 38.8. The number of fused-ring (bicyclic) bond motifs is 3. The summed E-state index contributed by atoms with van der Waals surface area (Å²) in [6.45, 7) is 6.36. The molecule has 9 heteroatoms. The fraction of sp³-hybridized carbons (Fsp3) is 0.267. The van der Waals surface area contributed by atoms with Crippen LogP contribution in [0.3, 0.4) is 0 Å². The average molecular weight is 742 g/mol. The van der Waals surface area contributed by atoms with E-state index in [4.69, 9.17) is 15.2 Å².